The first-order chi connectivity index (χ1) is 7.29. The van der Waals surface area contributed by atoms with Gasteiger partial charge in [0.15, 0.2) is 0 Å². The fraction of sp³-hybridized carbons (Fsp3) is 0.0833. The molecule has 2 rings (SSSR count). The molecule has 0 aliphatic heterocycles. The van der Waals surface area contributed by atoms with E-state index in [1.165, 1.54) is 10.4 Å². The van der Waals surface area contributed by atoms with Crippen molar-refractivity contribution in [2.24, 2.45) is 0 Å². The number of hydrogen-bond acceptors (Lipinski definition) is 2. The summed E-state index contributed by atoms with van der Waals surface area (Å²) in [6, 6.07) is 14.5. The summed E-state index contributed by atoms with van der Waals surface area (Å²) in [6.07, 6.45) is 1.74. The fourth-order valence-corrected chi connectivity index (χ4v) is 3.38. The SMILES string of the molecule is C[Si](c1ccccc1)c1cccnc1N. The molecular formula is C12H13N2Si. The number of aromatic nitrogens is 1. The Morgan fingerprint density at radius 2 is 1.80 bits per heavy atom. The monoisotopic (exact) mass is 213 g/mol. The van der Waals surface area contributed by atoms with Crippen LogP contribution in [0, 0.1) is 0 Å². The second-order valence-electron chi connectivity index (χ2n) is 3.43. The van der Waals surface area contributed by atoms with Gasteiger partial charge in [-0.15, -0.1) is 0 Å². The van der Waals surface area contributed by atoms with Gasteiger partial charge in [0.2, 0.25) is 0 Å². The topological polar surface area (TPSA) is 38.9 Å². The third kappa shape index (κ3) is 2.07. The first kappa shape index (κ1) is 9.92. The van der Waals surface area contributed by atoms with Crippen LogP contribution in [0.2, 0.25) is 6.55 Å². The lowest BCUT2D eigenvalue weighted by Gasteiger charge is -2.11. The Hall–Kier alpha value is -1.61. The summed E-state index contributed by atoms with van der Waals surface area (Å²) in [5, 5.41) is 2.55. The lowest BCUT2D eigenvalue weighted by molar-refractivity contribution is 1.35. The van der Waals surface area contributed by atoms with E-state index in [2.05, 4.69) is 41.9 Å². The second kappa shape index (κ2) is 4.27. The molecule has 1 heterocycles. The lowest BCUT2D eigenvalue weighted by atomic mass is 10.4. The maximum Gasteiger partial charge on any atom is 0.123 e. The maximum absolute atomic E-state index is 5.87. The molecule has 2 nitrogen and oxygen atoms in total. The average Bonchev–Trinajstić information content (AvgIpc) is 2.30. The number of anilines is 1. The molecular weight excluding hydrogens is 200 g/mol. The zero-order chi connectivity index (χ0) is 10.7. The van der Waals surface area contributed by atoms with Crippen LogP contribution >= 0.6 is 0 Å². The van der Waals surface area contributed by atoms with Gasteiger partial charge in [-0.3, -0.25) is 0 Å². The van der Waals surface area contributed by atoms with Gasteiger partial charge in [-0.25, -0.2) is 4.98 Å². The van der Waals surface area contributed by atoms with Gasteiger partial charge in [-0.05, 0) is 11.3 Å². The largest absolute Gasteiger partial charge is 0.384 e. The number of rotatable bonds is 2. The summed E-state index contributed by atoms with van der Waals surface area (Å²) in [5.74, 6) is 0.665. The van der Waals surface area contributed by atoms with Crippen LogP contribution in [-0.2, 0) is 0 Å². The van der Waals surface area contributed by atoms with Crippen LogP contribution in [-0.4, -0.2) is 13.8 Å². The minimum absolute atomic E-state index is 0.665. The summed E-state index contributed by atoms with van der Waals surface area (Å²) in [5.41, 5.74) is 5.87. The smallest absolute Gasteiger partial charge is 0.123 e. The summed E-state index contributed by atoms with van der Waals surface area (Å²) < 4.78 is 0. The zero-order valence-corrected chi connectivity index (χ0v) is 9.64. The van der Waals surface area contributed by atoms with Crippen molar-refractivity contribution in [2.75, 3.05) is 5.73 Å². The van der Waals surface area contributed by atoms with E-state index >= 15 is 0 Å². The van der Waals surface area contributed by atoms with E-state index < -0.39 is 8.80 Å². The van der Waals surface area contributed by atoms with E-state index in [1.807, 2.05) is 12.1 Å². The molecule has 1 aromatic carbocycles. The van der Waals surface area contributed by atoms with Crippen molar-refractivity contribution in [1.29, 1.82) is 0 Å². The Balaban J connectivity index is 2.37. The third-order valence-electron chi connectivity index (χ3n) is 2.45. The Morgan fingerprint density at radius 3 is 2.47 bits per heavy atom. The first-order valence-corrected chi connectivity index (χ1v) is 6.89. The third-order valence-corrected chi connectivity index (χ3v) is 4.88. The Morgan fingerprint density at radius 1 is 1.07 bits per heavy atom. The minimum atomic E-state index is -0.762. The van der Waals surface area contributed by atoms with Gasteiger partial charge < -0.3 is 5.73 Å². The normalized spacial score (nSPS) is 10.5. The van der Waals surface area contributed by atoms with Crippen LogP contribution in [0.4, 0.5) is 5.82 Å². The molecule has 1 aromatic heterocycles. The van der Waals surface area contributed by atoms with Crippen LogP contribution in [0.1, 0.15) is 0 Å². The molecule has 0 saturated heterocycles. The molecule has 3 heteroatoms. The number of hydrogen-bond donors (Lipinski definition) is 1. The highest BCUT2D eigenvalue weighted by atomic mass is 28.3. The highest BCUT2D eigenvalue weighted by molar-refractivity contribution is 6.85. The van der Waals surface area contributed by atoms with Gasteiger partial charge in [-0.1, -0.05) is 48.1 Å². The standard InChI is InChI=1S/C12H13N2Si/c1-15(10-6-3-2-4-7-10)11-8-5-9-14-12(11)13/h2-9H,1H3,(H2,13,14). The van der Waals surface area contributed by atoms with Crippen molar-refractivity contribution in [3.63, 3.8) is 0 Å². The molecule has 1 radical (unpaired) electrons. The van der Waals surface area contributed by atoms with Crippen molar-refractivity contribution in [1.82, 2.24) is 4.98 Å². The Kier molecular flexibility index (Phi) is 2.83. The van der Waals surface area contributed by atoms with Gasteiger partial charge in [-0.2, -0.15) is 0 Å². The molecule has 0 spiro atoms. The van der Waals surface area contributed by atoms with E-state index in [9.17, 15) is 0 Å². The van der Waals surface area contributed by atoms with Gasteiger partial charge in [0, 0.05) is 6.20 Å². The van der Waals surface area contributed by atoms with E-state index in [4.69, 9.17) is 5.73 Å². The number of nitrogens with zero attached hydrogens (tertiary/aromatic N) is 1. The summed E-state index contributed by atoms with van der Waals surface area (Å²) >= 11 is 0. The lowest BCUT2D eigenvalue weighted by Crippen LogP contribution is -2.40. The summed E-state index contributed by atoms with van der Waals surface area (Å²) in [6.45, 7) is 2.24. The van der Waals surface area contributed by atoms with Crippen LogP contribution in [0.15, 0.2) is 48.7 Å². The molecule has 0 amide bonds. The van der Waals surface area contributed by atoms with Crippen LogP contribution in [0.3, 0.4) is 0 Å². The predicted molar refractivity (Wildman–Crippen MR) is 66.0 cm³/mol. The fourth-order valence-electron chi connectivity index (χ4n) is 1.58. The van der Waals surface area contributed by atoms with Crippen LogP contribution < -0.4 is 16.1 Å². The number of nitrogens with two attached hydrogens (primary N) is 1. The molecule has 0 aliphatic carbocycles. The van der Waals surface area contributed by atoms with E-state index in [-0.39, 0.29) is 0 Å². The summed E-state index contributed by atoms with van der Waals surface area (Å²) in [4.78, 5) is 4.13. The number of nitrogen functional groups attached to an aromatic ring is 1. The molecule has 0 bridgehead atoms. The Bertz CT molecular complexity index is 442. The Labute approximate surface area is 91.4 Å². The molecule has 0 aliphatic rings. The van der Waals surface area contributed by atoms with Gasteiger partial charge >= 0.3 is 0 Å². The highest BCUT2D eigenvalue weighted by Gasteiger charge is 2.13. The molecule has 0 atom stereocenters. The molecule has 75 valence electrons. The van der Waals surface area contributed by atoms with Crippen LogP contribution in [0.25, 0.3) is 0 Å². The average molecular weight is 213 g/mol. The van der Waals surface area contributed by atoms with Gasteiger partial charge in [0.25, 0.3) is 0 Å². The highest BCUT2D eigenvalue weighted by Crippen LogP contribution is 1.96. The molecule has 15 heavy (non-hydrogen) atoms. The van der Waals surface area contributed by atoms with Gasteiger partial charge in [0.1, 0.15) is 14.6 Å². The van der Waals surface area contributed by atoms with Crippen molar-refractivity contribution >= 4 is 25.0 Å². The molecule has 0 unspecified atom stereocenters. The number of benzene rings is 1. The van der Waals surface area contributed by atoms with Gasteiger partial charge in [0.05, 0.1) is 0 Å². The van der Waals surface area contributed by atoms with E-state index in [0.29, 0.717) is 5.82 Å². The quantitative estimate of drug-likeness (QED) is 0.753. The van der Waals surface area contributed by atoms with Crippen molar-refractivity contribution in [3.8, 4) is 0 Å². The number of pyridine rings is 1. The second-order valence-corrected chi connectivity index (χ2v) is 5.79. The summed E-state index contributed by atoms with van der Waals surface area (Å²) in [7, 11) is -0.762. The van der Waals surface area contributed by atoms with Crippen molar-refractivity contribution < 1.29 is 0 Å². The predicted octanol–water partition coefficient (Wildman–Crippen LogP) is 0.903. The first-order valence-electron chi connectivity index (χ1n) is 4.89. The van der Waals surface area contributed by atoms with E-state index in [1.54, 1.807) is 6.20 Å². The van der Waals surface area contributed by atoms with Crippen molar-refractivity contribution in [2.45, 2.75) is 6.55 Å². The van der Waals surface area contributed by atoms with E-state index in [0.717, 1.165) is 0 Å². The van der Waals surface area contributed by atoms with Crippen molar-refractivity contribution in [3.05, 3.63) is 48.7 Å². The molecule has 0 fully saturated rings. The zero-order valence-electron chi connectivity index (χ0n) is 8.64. The molecule has 2 aromatic rings. The molecule has 2 N–H and O–H groups in total. The maximum atomic E-state index is 5.87. The minimum Gasteiger partial charge on any atom is -0.384 e. The molecule has 0 saturated carbocycles. The van der Waals surface area contributed by atoms with Crippen LogP contribution in [0.5, 0.6) is 0 Å².